The van der Waals surface area contributed by atoms with Gasteiger partial charge in [0.15, 0.2) is 0 Å². The molecule has 2 heterocycles. The van der Waals surface area contributed by atoms with Crippen LogP contribution in [0.3, 0.4) is 0 Å². The van der Waals surface area contributed by atoms with Crippen molar-refractivity contribution in [3.05, 3.63) is 36.3 Å². The van der Waals surface area contributed by atoms with Crippen LogP contribution in [0.5, 0.6) is 0 Å². The second kappa shape index (κ2) is 5.50. The Morgan fingerprint density at radius 2 is 2.44 bits per heavy atom. The quantitative estimate of drug-likeness (QED) is 0.848. The maximum atomic E-state index is 11.4. The zero-order valence-corrected chi connectivity index (χ0v) is 10.2. The van der Waals surface area contributed by atoms with Crippen molar-refractivity contribution in [1.29, 1.82) is 0 Å². The van der Waals surface area contributed by atoms with Gasteiger partial charge in [-0.2, -0.15) is 0 Å². The second-order valence-electron chi connectivity index (χ2n) is 3.78. The van der Waals surface area contributed by atoms with Crippen LogP contribution in [0.25, 0.3) is 5.65 Å². The largest absolute Gasteiger partial charge is 0.450 e. The van der Waals surface area contributed by atoms with E-state index >= 15 is 0 Å². The van der Waals surface area contributed by atoms with E-state index in [1.165, 1.54) is 0 Å². The Morgan fingerprint density at radius 1 is 1.61 bits per heavy atom. The topological polar surface area (TPSA) is 81.6 Å². The van der Waals surface area contributed by atoms with Crippen molar-refractivity contribution in [1.82, 2.24) is 14.7 Å². The minimum Gasteiger partial charge on any atom is -0.450 e. The second-order valence-corrected chi connectivity index (χ2v) is 3.78. The Labute approximate surface area is 105 Å². The molecule has 0 fully saturated rings. The molecule has 18 heavy (non-hydrogen) atoms. The van der Waals surface area contributed by atoms with E-state index in [0.717, 1.165) is 11.3 Å². The Morgan fingerprint density at radius 3 is 3.11 bits per heavy atom. The van der Waals surface area contributed by atoms with E-state index < -0.39 is 6.09 Å². The van der Waals surface area contributed by atoms with E-state index in [4.69, 9.17) is 10.5 Å². The third-order valence-electron chi connectivity index (χ3n) is 2.54. The van der Waals surface area contributed by atoms with Crippen molar-refractivity contribution in [2.24, 2.45) is 5.73 Å². The molecule has 0 spiro atoms. The zero-order valence-electron chi connectivity index (χ0n) is 10.2. The maximum Gasteiger partial charge on any atom is 0.407 e. The van der Waals surface area contributed by atoms with Gasteiger partial charge in [-0.1, -0.05) is 6.07 Å². The van der Waals surface area contributed by atoms with Crippen LogP contribution >= 0.6 is 0 Å². The molecule has 1 unspecified atom stereocenters. The van der Waals surface area contributed by atoms with Crippen molar-refractivity contribution in [3.63, 3.8) is 0 Å². The van der Waals surface area contributed by atoms with Crippen LogP contribution < -0.4 is 11.1 Å². The van der Waals surface area contributed by atoms with Crippen molar-refractivity contribution >= 4 is 11.7 Å². The van der Waals surface area contributed by atoms with Crippen LogP contribution in [-0.4, -0.2) is 28.6 Å². The van der Waals surface area contributed by atoms with Crippen LogP contribution in [0.4, 0.5) is 4.79 Å². The molecular weight excluding hydrogens is 232 g/mol. The van der Waals surface area contributed by atoms with E-state index in [9.17, 15) is 4.79 Å². The van der Waals surface area contributed by atoms with Gasteiger partial charge in [0.1, 0.15) is 5.65 Å². The summed E-state index contributed by atoms with van der Waals surface area (Å²) >= 11 is 0. The van der Waals surface area contributed by atoms with E-state index in [2.05, 4.69) is 10.3 Å². The molecule has 1 amide bonds. The molecule has 96 valence electrons. The number of alkyl carbamates (subject to hydrolysis) is 1. The molecule has 1 atom stereocenters. The van der Waals surface area contributed by atoms with Crippen LogP contribution in [-0.2, 0) is 4.74 Å². The highest BCUT2D eigenvalue weighted by atomic mass is 16.5. The van der Waals surface area contributed by atoms with E-state index in [1.807, 2.05) is 35.0 Å². The highest BCUT2D eigenvalue weighted by Gasteiger charge is 2.16. The van der Waals surface area contributed by atoms with Crippen LogP contribution in [0.1, 0.15) is 18.7 Å². The summed E-state index contributed by atoms with van der Waals surface area (Å²) in [4.78, 5) is 15.8. The SMILES string of the molecule is CCOC(=O)NC(CN)c1cn2ccccc2n1. The predicted octanol–water partition coefficient (Wildman–Crippen LogP) is 1.08. The highest BCUT2D eigenvalue weighted by Crippen LogP contribution is 2.12. The van der Waals surface area contributed by atoms with E-state index in [1.54, 1.807) is 6.92 Å². The number of hydrogen-bond donors (Lipinski definition) is 2. The summed E-state index contributed by atoms with van der Waals surface area (Å²) in [5, 5.41) is 2.68. The first-order chi connectivity index (χ1) is 8.74. The fourth-order valence-electron chi connectivity index (χ4n) is 1.69. The van der Waals surface area contributed by atoms with Crippen LogP contribution in [0.15, 0.2) is 30.6 Å². The van der Waals surface area contributed by atoms with Gasteiger partial charge < -0.3 is 20.2 Å². The lowest BCUT2D eigenvalue weighted by molar-refractivity contribution is 0.148. The Kier molecular flexibility index (Phi) is 3.78. The summed E-state index contributed by atoms with van der Waals surface area (Å²) < 4.78 is 6.71. The van der Waals surface area contributed by atoms with Gasteiger partial charge in [0.2, 0.25) is 0 Å². The molecule has 0 aromatic carbocycles. The average Bonchev–Trinajstić information content (AvgIpc) is 2.79. The fourth-order valence-corrected chi connectivity index (χ4v) is 1.69. The zero-order chi connectivity index (χ0) is 13.0. The normalized spacial score (nSPS) is 12.3. The van der Waals surface area contributed by atoms with Crippen LogP contribution in [0.2, 0.25) is 0 Å². The molecule has 6 heteroatoms. The van der Waals surface area contributed by atoms with Gasteiger partial charge >= 0.3 is 6.09 Å². The molecule has 0 bridgehead atoms. The lowest BCUT2D eigenvalue weighted by Crippen LogP contribution is -2.34. The molecule has 0 aliphatic carbocycles. The molecule has 0 saturated carbocycles. The molecule has 0 aliphatic heterocycles. The summed E-state index contributed by atoms with van der Waals surface area (Å²) in [5.74, 6) is 0. The number of rotatable bonds is 4. The lowest BCUT2D eigenvalue weighted by Gasteiger charge is -2.13. The third-order valence-corrected chi connectivity index (χ3v) is 2.54. The van der Waals surface area contributed by atoms with Crippen molar-refractivity contribution in [3.8, 4) is 0 Å². The number of ether oxygens (including phenoxy) is 1. The van der Waals surface area contributed by atoms with Gasteiger partial charge in [-0.15, -0.1) is 0 Å². The summed E-state index contributed by atoms with van der Waals surface area (Å²) in [7, 11) is 0. The molecule has 0 radical (unpaired) electrons. The minimum absolute atomic E-state index is 0.267. The number of aromatic nitrogens is 2. The van der Waals surface area contributed by atoms with E-state index in [-0.39, 0.29) is 12.6 Å². The average molecular weight is 248 g/mol. The summed E-state index contributed by atoms with van der Waals surface area (Å²) in [5.41, 5.74) is 7.19. The summed E-state index contributed by atoms with van der Waals surface area (Å²) in [6.45, 7) is 2.35. The molecule has 2 aromatic rings. The molecule has 2 rings (SSSR count). The highest BCUT2D eigenvalue weighted by molar-refractivity contribution is 5.67. The number of nitrogens with one attached hydrogen (secondary N) is 1. The number of nitrogens with two attached hydrogens (primary N) is 1. The smallest absolute Gasteiger partial charge is 0.407 e. The van der Waals surface area contributed by atoms with Gasteiger partial charge in [-0.05, 0) is 19.1 Å². The number of hydrogen-bond acceptors (Lipinski definition) is 4. The van der Waals surface area contributed by atoms with Crippen molar-refractivity contribution in [2.45, 2.75) is 13.0 Å². The molecular formula is C12H16N4O2. The van der Waals surface area contributed by atoms with Gasteiger partial charge in [0.05, 0.1) is 18.3 Å². The number of carbonyl (C=O) groups excluding carboxylic acids is 1. The fraction of sp³-hybridized carbons (Fsp3) is 0.333. The van der Waals surface area contributed by atoms with Gasteiger partial charge in [0.25, 0.3) is 0 Å². The monoisotopic (exact) mass is 248 g/mol. The third kappa shape index (κ3) is 2.60. The van der Waals surface area contributed by atoms with Gasteiger partial charge in [-0.25, -0.2) is 9.78 Å². The Balaban J connectivity index is 2.18. The number of nitrogens with zero attached hydrogens (tertiary/aromatic N) is 2. The first-order valence-electron chi connectivity index (χ1n) is 5.81. The standard InChI is InChI=1S/C12H16N4O2/c1-2-18-12(17)15-9(7-13)10-8-16-6-4-3-5-11(16)14-10/h3-6,8-9H,2,7,13H2,1H3,(H,15,17). The molecule has 3 N–H and O–H groups in total. The number of pyridine rings is 1. The van der Waals surface area contributed by atoms with Gasteiger partial charge in [-0.3, -0.25) is 0 Å². The number of fused-ring (bicyclic) bond motifs is 1. The van der Waals surface area contributed by atoms with Crippen molar-refractivity contribution < 1.29 is 9.53 Å². The summed E-state index contributed by atoms with van der Waals surface area (Å²) in [6, 6.07) is 5.36. The molecule has 0 saturated heterocycles. The molecule has 2 aromatic heterocycles. The Hall–Kier alpha value is -2.08. The minimum atomic E-state index is -0.481. The molecule has 0 aliphatic rings. The maximum absolute atomic E-state index is 11.4. The van der Waals surface area contributed by atoms with Crippen LogP contribution in [0, 0.1) is 0 Å². The number of imidazole rings is 1. The lowest BCUT2D eigenvalue weighted by atomic mass is 10.2. The summed E-state index contributed by atoms with van der Waals surface area (Å²) in [6.07, 6.45) is 3.26. The Bertz CT molecular complexity index is 505. The number of carbonyl (C=O) groups is 1. The first-order valence-corrected chi connectivity index (χ1v) is 5.81. The molecule has 6 nitrogen and oxygen atoms in total. The van der Waals surface area contributed by atoms with E-state index in [0.29, 0.717) is 6.61 Å². The first kappa shape index (κ1) is 12.4. The van der Waals surface area contributed by atoms with Gasteiger partial charge in [0, 0.05) is 18.9 Å². The number of amides is 1. The predicted molar refractivity (Wildman–Crippen MR) is 67.1 cm³/mol. The van der Waals surface area contributed by atoms with Crippen molar-refractivity contribution in [2.75, 3.05) is 13.2 Å².